The second kappa shape index (κ2) is 4.55. The molecule has 3 heterocycles. The van der Waals surface area contributed by atoms with Crippen LogP contribution in [0.4, 0.5) is 19.0 Å². The first kappa shape index (κ1) is 15.0. The van der Waals surface area contributed by atoms with Crippen molar-refractivity contribution in [2.75, 3.05) is 18.0 Å². The highest BCUT2D eigenvalue weighted by Gasteiger charge is 2.42. The van der Waals surface area contributed by atoms with Gasteiger partial charge in [-0.15, -0.1) is 15.3 Å². The molecule has 0 saturated carbocycles. The number of aliphatic hydroxyl groups is 1. The molecule has 2 aromatic heterocycles. The van der Waals surface area contributed by atoms with Crippen LogP contribution in [0.2, 0.25) is 0 Å². The van der Waals surface area contributed by atoms with Crippen molar-refractivity contribution in [2.45, 2.75) is 39.0 Å². The van der Waals surface area contributed by atoms with Crippen molar-refractivity contribution in [3.8, 4) is 0 Å². The Hall–Kier alpha value is -1.90. The monoisotopic (exact) mass is 315 g/mol. The smallest absolute Gasteiger partial charge is 0.386 e. The van der Waals surface area contributed by atoms with Crippen LogP contribution >= 0.6 is 0 Å². The maximum atomic E-state index is 13.0. The Labute approximate surface area is 124 Å². The van der Waals surface area contributed by atoms with E-state index in [2.05, 4.69) is 15.3 Å². The Morgan fingerprint density at radius 1 is 1.18 bits per heavy atom. The second-order valence-electron chi connectivity index (χ2n) is 5.76. The molecule has 0 bridgehead atoms. The van der Waals surface area contributed by atoms with E-state index >= 15 is 0 Å². The Bertz CT molecular complexity index is 733. The fourth-order valence-electron chi connectivity index (χ4n) is 2.63. The van der Waals surface area contributed by atoms with Crippen molar-refractivity contribution in [2.24, 2.45) is 0 Å². The molecule has 0 amide bonds. The first-order valence-corrected chi connectivity index (χ1v) is 6.93. The van der Waals surface area contributed by atoms with Crippen LogP contribution in [-0.4, -0.2) is 43.6 Å². The summed E-state index contributed by atoms with van der Waals surface area (Å²) in [6.45, 7) is 6.05. The van der Waals surface area contributed by atoms with Crippen LogP contribution in [0.3, 0.4) is 0 Å². The largest absolute Gasteiger partial charge is 0.453 e. The van der Waals surface area contributed by atoms with E-state index in [9.17, 15) is 18.3 Å². The minimum Gasteiger partial charge on any atom is -0.386 e. The zero-order valence-electron chi connectivity index (χ0n) is 12.4. The molecular formula is C13H16F3N5O. The maximum Gasteiger partial charge on any atom is 0.453 e. The zero-order valence-corrected chi connectivity index (χ0v) is 12.4. The number of anilines is 1. The van der Waals surface area contributed by atoms with Crippen LogP contribution in [0.25, 0.3) is 5.65 Å². The number of aromatic nitrogens is 4. The predicted molar refractivity (Wildman–Crippen MR) is 72.7 cm³/mol. The molecule has 9 heteroatoms. The van der Waals surface area contributed by atoms with E-state index in [1.54, 1.807) is 18.7 Å². The molecule has 1 aliphatic heterocycles. The molecule has 1 N–H and O–H groups in total. The van der Waals surface area contributed by atoms with Crippen molar-refractivity contribution in [1.29, 1.82) is 0 Å². The zero-order chi connectivity index (χ0) is 16.3. The topological polar surface area (TPSA) is 66.5 Å². The van der Waals surface area contributed by atoms with Gasteiger partial charge in [-0.2, -0.15) is 17.7 Å². The minimum atomic E-state index is -4.62. The van der Waals surface area contributed by atoms with Gasteiger partial charge in [0, 0.05) is 11.1 Å². The normalized spacial score (nSPS) is 17.9. The molecule has 0 atom stereocenters. The summed E-state index contributed by atoms with van der Waals surface area (Å²) in [4.78, 5) is 1.77. The first-order chi connectivity index (χ1) is 10.2. The van der Waals surface area contributed by atoms with Crippen LogP contribution in [0.1, 0.15) is 30.3 Å². The van der Waals surface area contributed by atoms with Gasteiger partial charge < -0.3 is 10.0 Å². The number of hydrogen-bond donors (Lipinski definition) is 1. The average Bonchev–Trinajstić information content (AvgIpc) is 2.83. The molecule has 1 aliphatic rings. The van der Waals surface area contributed by atoms with E-state index in [4.69, 9.17) is 0 Å². The van der Waals surface area contributed by atoms with Crippen molar-refractivity contribution < 1.29 is 18.3 Å². The summed E-state index contributed by atoms with van der Waals surface area (Å²) in [6, 6.07) is 0. The van der Waals surface area contributed by atoms with Gasteiger partial charge >= 0.3 is 6.18 Å². The highest BCUT2D eigenvalue weighted by molar-refractivity contribution is 5.60. The lowest BCUT2D eigenvalue weighted by Crippen LogP contribution is -2.62. The van der Waals surface area contributed by atoms with Gasteiger partial charge in [0.05, 0.1) is 18.7 Å². The van der Waals surface area contributed by atoms with Crippen molar-refractivity contribution in [3.63, 3.8) is 0 Å². The molecule has 0 unspecified atom stereocenters. The number of rotatable bonds is 2. The summed E-state index contributed by atoms with van der Waals surface area (Å²) in [5.74, 6) is -0.716. The third-order valence-electron chi connectivity index (χ3n) is 4.25. The number of aryl methyl sites for hydroxylation is 1. The van der Waals surface area contributed by atoms with Crippen molar-refractivity contribution in [3.05, 3.63) is 17.0 Å². The fraction of sp³-hybridized carbons (Fsp3) is 0.615. The third-order valence-corrected chi connectivity index (χ3v) is 4.25. The van der Waals surface area contributed by atoms with E-state index in [1.807, 2.05) is 6.92 Å². The van der Waals surface area contributed by atoms with E-state index in [0.29, 0.717) is 30.9 Å². The highest BCUT2D eigenvalue weighted by atomic mass is 19.4. The summed E-state index contributed by atoms with van der Waals surface area (Å²) in [7, 11) is 0. The quantitative estimate of drug-likeness (QED) is 0.914. The molecule has 1 saturated heterocycles. The second-order valence-corrected chi connectivity index (χ2v) is 5.76. The lowest BCUT2D eigenvalue weighted by atomic mass is 9.91. The Kier molecular flexibility index (Phi) is 3.10. The van der Waals surface area contributed by atoms with Gasteiger partial charge in [0.2, 0.25) is 0 Å². The van der Waals surface area contributed by atoms with Gasteiger partial charge in [0.15, 0.2) is 11.5 Å². The molecule has 6 nitrogen and oxygen atoms in total. The van der Waals surface area contributed by atoms with Gasteiger partial charge in [-0.3, -0.25) is 0 Å². The molecule has 120 valence electrons. The van der Waals surface area contributed by atoms with Crippen LogP contribution in [0.5, 0.6) is 0 Å². The van der Waals surface area contributed by atoms with Crippen LogP contribution in [0, 0.1) is 13.8 Å². The minimum absolute atomic E-state index is 0.0971. The molecule has 3 rings (SSSR count). The lowest BCUT2D eigenvalue weighted by Gasteiger charge is -2.47. The number of nitrogens with zero attached hydrogens (tertiary/aromatic N) is 5. The van der Waals surface area contributed by atoms with E-state index < -0.39 is 17.6 Å². The van der Waals surface area contributed by atoms with E-state index in [0.717, 1.165) is 10.1 Å². The SMILES string of the molecule is CCC1(O)CN(c2nn3c(C(F)(F)F)nnc3c(C)c2C)C1. The number of alkyl halides is 3. The summed E-state index contributed by atoms with van der Waals surface area (Å²) in [6.07, 6.45) is -4.03. The Morgan fingerprint density at radius 3 is 2.36 bits per heavy atom. The number of fused-ring (bicyclic) bond motifs is 1. The molecule has 0 aliphatic carbocycles. The first-order valence-electron chi connectivity index (χ1n) is 6.93. The van der Waals surface area contributed by atoms with Gasteiger partial charge in [-0.05, 0) is 20.3 Å². The molecular weight excluding hydrogens is 299 g/mol. The van der Waals surface area contributed by atoms with Crippen molar-refractivity contribution in [1.82, 2.24) is 19.8 Å². The summed E-state index contributed by atoms with van der Waals surface area (Å²) in [5, 5.41) is 21.0. The van der Waals surface area contributed by atoms with Crippen LogP contribution in [-0.2, 0) is 6.18 Å². The van der Waals surface area contributed by atoms with Crippen molar-refractivity contribution >= 4 is 11.5 Å². The summed E-state index contributed by atoms with van der Waals surface area (Å²) < 4.78 is 39.7. The molecule has 0 radical (unpaired) electrons. The standard InChI is InChI=1S/C13H16F3N5O/c1-4-12(22)5-20(6-12)10-8(3)7(2)9-17-18-11(13(14,15)16)21(9)19-10/h22H,4-6H2,1-3H3. The van der Waals surface area contributed by atoms with Crippen LogP contribution in [0.15, 0.2) is 0 Å². The van der Waals surface area contributed by atoms with Gasteiger partial charge in [-0.25, -0.2) is 0 Å². The number of hydrogen-bond acceptors (Lipinski definition) is 5. The third kappa shape index (κ3) is 2.11. The Balaban J connectivity index is 2.10. The maximum absolute atomic E-state index is 13.0. The van der Waals surface area contributed by atoms with Gasteiger partial charge in [0.1, 0.15) is 0 Å². The van der Waals surface area contributed by atoms with Gasteiger partial charge in [-0.1, -0.05) is 6.92 Å². The summed E-state index contributed by atoms with van der Waals surface area (Å²) in [5.41, 5.74) is 0.642. The van der Waals surface area contributed by atoms with Gasteiger partial charge in [0.25, 0.3) is 5.82 Å². The number of halogens is 3. The molecule has 0 aromatic carbocycles. The summed E-state index contributed by atoms with van der Waals surface area (Å²) >= 11 is 0. The molecule has 0 spiro atoms. The average molecular weight is 315 g/mol. The van der Waals surface area contributed by atoms with Crippen LogP contribution < -0.4 is 4.90 Å². The highest BCUT2D eigenvalue weighted by Crippen LogP contribution is 2.34. The molecule has 1 fully saturated rings. The fourth-order valence-corrected chi connectivity index (χ4v) is 2.63. The molecule has 2 aromatic rings. The Morgan fingerprint density at radius 2 is 1.82 bits per heavy atom. The van der Waals surface area contributed by atoms with E-state index in [1.165, 1.54) is 0 Å². The lowest BCUT2D eigenvalue weighted by molar-refractivity contribution is -0.146. The van der Waals surface area contributed by atoms with E-state index in [-0.39, 0.29) is 5.65 Å². The molecule has 22 heavy (non-hydrogen) atoms. The predicted octanol–water partition coefficient (Wildman–Crippen LogP) is 1.72. The number of β-amino-alcohol motifs (C(OH)–C–C–N with tert-alkyl or cyclic N) is 1.